The number of amides is 1. The third-order valence-corrected chi connectivity index (χ3v) is 4.65. The summed E-state index contributed by atoms with van der Waals surface area (Å²) in [5, 5.41) is 4.09. The average molecular weight is 333 g/mol. The minimum absolute atomic E-state index is 0.233. The van der Waals surface area contributed by atoms with Gasteiger partial charge in [0, 0.05) is 22.5 Å². The first-order chi connectivity index (χ1) is 10.6. The maximum atomic E-state index is 11.9. The standard InChI is InChI=1S/C16H13ClN2O2S/c1-10-3-2-4-11(14(10)17)7-13-8-18-16(22-13)19-15(20)12-5-6-21-9-12/h2-6,8-9H,7H2,1H3,(H,18,19,20). The highest BCUT2D eigenvalue weighted by atomic mass is 35.5. The lowest BCUT2D eigenvalue weighted by Crippen LogP contribution is -2.10. The van der Waals surface area contributed by atoms with E-state index in [-0.39, 0.29) is 5.91 Å². The molecule has 0 spiro atoms. The van der Waals surface area contributed by atoms with Crippen LogP contribution in [0.25, 0.3) is 0 Å². The van der Waals surface area contributed by atoms with Gasteiger partial charge in [-0.2, -0.15) is 0 Å². The number of furan rings is 1. The van der Waals surface area contributed by atoms with Crippen molar-refractivity contribution in [3.63, 3.8) is 0 Å². The van der Waals surface area contributed by atoms with Gasteiger partial charge in [-0.15, -0.1) is 11.3 Å². The molecule has 0 radical (unpaired) electrons. The van der Waals surface area contributed by atoms with Gasteiger partial charge in [0.2, 0.25) is 0 Å². The van der Waals surface area contributed by atoms with E-state index < -0.39 is 0 Å². The fourth-order valence-electron chi connectivity index (χ4n) is 2.04. The number of anilines is 1. The molecule has 0 aliphatic heterocycles. The maximum absolute atomic E-state index is 11.9. The maximum Gasteiger partial charge on any atom is 0.260 e. The summed E-state index contributed by atoms with van der Waals surface area (Å²) in [6.07, 6.45) is 5.31. The van der Waals surface area contributed by atoms with Gasteiger partial charge in [0.05, 0.1) is 11.8 Å². The van der Waals surface area contributed by atoms with Crippen LogP contribution in [0.4, 0.5) is 5.13 Å². The molecule has 22 heavy (non-hydrogen) atoms. The van der Waals surface area contributed by atoms with Crippen LogP contribution < -0.4 is 5.32 Å². The highest BCUT2D eigenvalue weighted by molar-refractivity contribution is 7.15. The van der Waals surface area contributed by atoms with E-state index in [1.807, 2.05) is 25.1 Å². The Bertz CT molecular complexity index is 796. The molecule has 1 aromatic carbocycles. The molecule has 6 heteroatoms. The second-order valence-electron chi connectivity index (χ2n) is 4.82. The normalized spacial score (nSPS) is 10.6. The summed E-state index contributed by atoms with van der Waals surface area (Å²) in [7, 11) is 0. The van der Waals surface area contributed by atoms with Gasteiger partial charge in [0.1, 0.15) is 6.26 Å². The Labute approximate surface area is 136 Å². The number of thiazole rings is 1. The molecule has 0 atom stereocenters. The monoisotopic (exact) mass is 332 g/mol. The largest absolute Gasteiger partial charge is 0.472 e. The number of rotatable bonds is 4. The van der Waals surface area contributed by atoms with Crippen molar-refractivity contribution < 1.29 is 9.21 Å². The molecular weight excluding hydrogens is 320 g/mol. The SMILES string of the molecule is Cc1cccc(Cc2cnc(NC(=O)c3ccoc3)s2)c1Cl. The van der Waals surface area contributed by atoms with E-state index in [1.54, 1.807) is 12.3 Å². The van der Waals surface area contributed by atoms with Crippen molar-refractivity contribution in [1.29, 1.82) is 0 Å². The predicted molar refractivity (Wildman–Crippen MR) is 87.8 cm³/mol. The smallest absolute Gasteiger partial charge is 0.260 e. The zero-order valence-electron chi connectivity index (χ0n) is 11.8. The van der Waals surface area contributed by atoms with Crippen molar-refractivity contribution in [2.75, 3.05) is 5.32 Å². The first-order valence-electron chi connectivity index (χ1n) is 6.66. The summed E-state index contributed by atoms with van der Waals surface area (Å²) in [5.41, 5.74) is 2.58. The predicted octanol–water partition coefficient (Wildman–Crippen LogP) is 4.54. The number of aromatic nitrogens is 1. The Morgan fingerprint density at radius 1 is 1.41 bits per heavy atom. The van der Waals surface area contributed by atoms with Crippen LogP contribution in [0.3, 0.4) is 0 Å². The molecule has 2 heterocycles. The topological polar surface area (TPSA) is 55.1 Å². The molecule has 0 saturated carbocycles. The van der Waals surface area contributed by atoms with Gasteiger partial charge in [-0.05, 0) is 24.1 Å². The number of benzene rings is 1. The van der Waals surface area contributed by atoms with E-state index in [4.69, 9.17) is 16.0 Å². The molecule has 112 valence electrons. The molecule has 3 aromatic rings. The number of carbonyl (C=O) groups excluding carboxylic acids is 1. The van der Waals surface area contributed by atoms with Gasteiger partial charge in [0.15, 0.2) is 5.13 Å². The van der Waals surface area contributed by atoms with Crippen molar-refractivity contribution in [2.24, 2.45) is 0 Å². The van der Waals surface area contributed by atoms with Crippen LogP contribution in [0.15, 0.2) is 47.4 Å². The number of aryl methyl sites for hydroxylation is 1. The third-order valence-electron chi connectivity index (χ3n) is 3.19. The van der Waals surface area contributed by atoms with Gasteiger partial charge < -0.3 is 4.42 Å². The Kier molecular flexibility index (Phi) is 4.27. The van der Waals surface area contributed by atoms with Gasteiger partial charge in [-0.25, -0.2) is 4.98 Å². The molecule has 4 nitrogen and oxygen atoms in total. The molecule has 1 amide bonds. The molecule has 0 unspecified atom stereocenters. The second kappa shape index (κ2) is 6.34. The molecule has 1 N–H and O–H groups in total. The molecule has 0 saturated heterocycles. The number of carbonyl (C=O) groups is 1. The summed E-state index contributed by atoms with van der Waals surface area (Å²) in [6.45, 7) is 1.98. The van der Waals surface area contributed by atoms with Crippen molar-refractivity contribution in [2.45, 2.75) is 13.3 Å². The number of nitrogens with one attached hydrogen (secondary N) is 1. The highest BCUT2D eigenvalue weighted by Gasteiger charge is 2.11. The number of halogens is 1. The van der Waals surface area contributed by atoms with Crippen LogP contribution >= 0.6 is 22.9 Å². The molecule has 0 fully saturated rings. The number of hydrogen-bond acceptors (Lipinski definition) is 4. The molecular formula is C16H13ClN2O2S. The fourth-order valence-corrected chi connectivity index (χ4v) is 3.07. The minimum Gasteiger partial charge on any atom is -0.472 e. The van der Waals surface area contributed by atoms with Gasteiger partial charge in [0.25, 0.3) is 5.91 Å². The van der Waals surface area contributed by atoms with Gasteiger partial charge in [-0.3, -0.25) is 10.1 Å². The molecule has 2 aromatic heterocycles. The first-order valence-corrected chi connectivity index (χ1v) is 7.85. The van der Waals surface area contributed by atoms with E-state index in [9.17, 15) is 4.79 Å². The van der Waals surface area contributed by atoms with E-state index in [2.05, 4.69) is 10.3 Å². The number of nitrogens with zero attached hydrogens (tertiary/aromatic N) is 1. The summed E-state index contributed by atoms with van der Waals surface area (Å²) in [4.78, 5) is 17.2. The molecule has 0 bridgehead atoms. The van der Waals surface area contributed by atoms with Crippen LogP contribution in [0, 0.1) is 6.92 Å². The quantitative estimate of drug-likeness (QED) is 0.763. The lowest BCUT2D eigenvalue weighted by molar-refractivity contribution is 0.102. The Morgan fingerprint density at radius 2 is 2.27 bits per heavy atom. The van der Waals surface area contributed by atoms with Crippen LogP contribution in [0.2, 0.25) is 5.02 Å². The minimum atomic E-state index is -0.233. The first kappa shape index (κ1) is 14.8. The van der Waals surface area contributed by atoms with Crippen LogP contribution in [0.1, 0.15) is 26.4 Å². The third kappa shape index (κ3) is 3.21. The van der Waals surface area contributed by atoms with Crippen molar-refractivity contribution in [3.05, 3.63) is 69.6 Å². The van der Waals surface area contributed by atoms with Gasteiger partial charge in [-0.1, -0.05) is 29.8 Å². The van der Waals surface area contributed by atoms with Crippen LogP contribution in [0.5, 0.6) is 0 Å². The summed E-state index contributed by atoms with van der Waals surface area (Å²) < 4.78 is 4.89. The lowest BCUT2D eigenvalue weighted by atomic mass is 10.1. The van der Waals surface area contributed by atoms with Crippen molar-refractivity contribution >= 4 is 34.0 Å². The average Bonchev–Trinajstić information content (AvgIpc) is 3.15. The zero-order valence-corrected chi connectivity index (χ0v) is 13.4. The summed E-state index contributed by atoms with van der Waals surface area (Å²) in [6, 6.07) is 7.57. The van der Waals surface area contributed by atoms with Crippen molar-refractivity contribution in [3.8, 4) is 0 Å². The van der Waals surface area contributed by atoms with E-state index >= 15 is 0 Å². The van der Waals surface area contributed by atoms with Crippen molar-refractivity contribution in [1.82, 2.24) is 4.98 Å². The van der Waals surface area contributed by atoms with Gasteiger partial charge >= 0.3 is 0 Å². The zero-order chi connectivity index (χ0) is 15.5. The number of hydrogen-bond donors (Lipinski definition) is 1. The van der Waals surface area contributed by atoms with E-state index in [0.29, 0.717) is 17.1 Å². The van der Waals surface area contributed by atoms with E-state index in [1.165, 1.54) is 23.9 Å². The van der Waals surface area contributed by atoms with Crippen LogP contribution in [-0.2, 0) is 6.42 Å². The fraction of sp³-hybridized carbons (Fsp3) is 0.125. The lowest BCUT2D eigenvalue weighted by Gasteiger charge is -2.04. The molecule has 0 aliphatic carbocycles. The Morgan fingerprint density at radius 3 is 3.05 bits per heavy atom. The molecule has 3 rings (SSSR count). The van der Waals surface area contributed by atoms with E-state index in [0.717, 1.165) is 21.0 Å². The molecule has 0 aliphatic rings. The Hall–Kier alpha value is -2.11. The second-order valence-corrected chi connectivity index (χ2v) is 6.32. The van der Waals surface area contributed by atoms with Crippen LogP contribution in [-0.4, -0.2) is 10.9 Å². The Balaban J connectivity index is 1.71. The summed E-state index contributed by atoms with van der Waals surface area (Å²) >= 11 is 7.74. The summed E-state index contributed by atoms with van der Waals surface area (Å²) in [5.74, 6) is -0.233. The highest BCUT2D eigenvalue weighted by Crippen LogP contribution is 2.26.